The second-order valence-corrected chi connectivity index (χ2v) is 5.81. The predicted octanol–water partition coefficient (Wildman–Crippen LogP) is 3.49. The van der Waals surface area contributed by atoms with Gasteiger partial charge in [-0.2, -0.15) is 0 Å². The van der Waals surface area contributed by atoms with Crippen molar-refractivity contribution < 1.29 is 9.59 Å². The molecule has 1 heterocycles. The molecular formula is C16H20ClN3O2S. The largest absolute Gasteiger partial charge is 0.323 e. The number of nitrogens with one attached hydrogen (secondary N) is 2. The summed E-state index contributed by atoms with van der Waals surface area (Å²) in [4.78, 5) is 24.7. The quantitative estimate of drug-likeness (QED) is 0.743. The maximum Gasteiger partial charge on any atom is 0.265 e. The van der Waals surface area contributed by atoms with Crippen LogP contribution in [0.5, 0.6) is 0 Å². The Morgan fingerprint density at radius 3 is 2.35 bits per heavy atom. The first kappa shape index (κ1) is 19.2. The molecule has 0 aliphatic carbocycles. The molecule has 1 atom stereocenters. The summed E-state index contributed by atoms with van der Waals surface area (Å²) in [5, 5.41) is 7.42. The molecule has 4 N–H and O–H groups in total. The first-order valence-corrected chi connectivity index (χ1v) is 8.00. The van der Waals surface area contributed by atoms with Gasteiger partial charge in [-0.3, -0.25) is 9.59 Å². The minimum Gasteiger partial charge on any atom is -0.323 e. The molecule has 0 bridgehead atoms. The van der Waals surface area contributed by atoms with Crippen molar-refractivity contribution in [1.82, 2.24) is 0 Å². The molecule has 0 fully saturated rings. The highest BCUT2D eigenvalue weighted by Crippen LogP contribution is 2.22. The summed E-state index contributed by atoms with van der Waals surface area (Å²) in [5.74, 6) is -0.450. The van der Waals surface area contributed by atoms with Crippen LogP contribution in [0.25, 0.3) is 0 Å². The lowest BCUT2D eigenvalue weighted by Gasteiger charge is -2.14. The molecule has 2 aromatic rings. The van der Waals surface area contributed by atoms with Crippen LogP contribution in [0, 0.1) is 0 Å². The molecule has 1 unspecified atom stereocenters. The number of hydrogen-bond donors (Lipinski definition) is 3. The van der Waals surface area contributed by atoms with E-state index in [1.165, 1.54) is 11.3 Å². The zero-order valence-electron chi connectivity index (χ0n) is 12.7. The van der Waals surface area contributed by atoms with Crippen molar-refractivity contribution in [2.75, 3.05) is 10.6 Å². The van der Waals surface area contributed by atoms with Crippen molar-refractivity contribution in [3.05, 3.63) is 46.7 Å². The van der Waals surface area contributed by atoms with E-state index in [9.17, 15) is 9.59 Å². The Kier molecular flexibility index (Phi) is 7.74. The molecule has 0 aliphatic heterocycles. The lowest BCUT2D eigenvalue weighted by Crippen LogP contribution is -2.35. The van der Waals surface area contributed by atoms with Gasteiger partial charge in [0.1, 0.15) is 0 Å². The second kappa shape index (κ2) is 9.29. The van der Waals surface area contributed by atoms with Crippen LogP contribution in [0.3, 0.4) is 0 Å². The number of carbonyl (C=O) groups excluding carboxylic acids is 2. The van der Waals surface area contributed by atoms with E-state index in [4.69, 9.17) is 5.73 Å². The molecule has 0 saturated heterocycles. The molecular weight excluding hydrogens is 334 g/mol. The Balaban J connectivity index is 0.00000264. The number of nitrogens with two attached hydrogens (primary N) is 1. The highest BCUT2D eigenvalue weighted by atomic mass is 35.5. The van der Waals surface area contributed by atoms with Crippen LogP contribution < -0.4 is 16.4 Å². The molecule has 0 aliphatic rings. The van der Waals surface area contributed by atoms with Crippen LogP contribution in [-0.2, 0) is 4.79 Å². The summed E-state index contributed by atoms with van der Waals surface area (Å²) in [6, 6.07) is 10.1. The summed E-state index contributed by atoms with van der Waals surface area (Å²) in [6.07, 6.45) is 1.46. The summed E-state index contributed by atoms with van der Waals surface area (Å²) in [6.45, 7) is 1.97. The van der Waals surface area contributed by atoms with Crippen LogP contribution >= 0.6 is 23.7 Å². The van der Waals surface area contributed by atoms with Gasteiger partial charge < -0.3 is 16.4 Å². The maximum atomic E-state index is 12.1. The molecule has 0 spiro atoms. The Bertz CT molecular complexity index is 647. The zero-order valence-corrected chi connectivity index (χ0v) is 14.4. The Hall–Kier alpha value is -1.89. The van der Waals surface area contributed by atoms with E-state index in [0.29, 0.717) is 22.7 Å². The smallest absolute Gasteiger partial charge is 0.265 e. The standard InChI is InChI=1S/C16H19N3O2S.ClH/c1-2-6-11(17)15(20)18-12-7-3-4-8-13(12)19-16(21)14-9-5-10-22-14;/h3-5,7-11H,2,6,17H2,1H3,(H,18,20)(H,19,21);1H. The number of amides is 2. The number of benzene rings is 1. The number of rotatable bonds is 6. The number of anilines is 2. The molecule has 1 aromatic carbocycles. The van der Waals surface area contributed by atoms with Crippen molar-refractivity contribution >= 4 is 46.9 Å². The fourth-order valence-corrected chi connectivity index (χ4v) is 2.58. The summed E-state index contributed by atoms with van der Waals surface area (Å²) >= 11 is 1.36. The van der Waals surface area contributed by atoms with Gasteiger partial charge in [-0.15, -0.1) is 23.7 Å². The minimum absolute atomic E-state index is 0. The van der Waals surface area contributed by atoms with Crippen molar-refractivity contribution in [1.29, 1.82) is 0 Å². The molecule has 2 amide bonds. The monoisotopic (exact) mass is 353 g/mol. The minimum atomic E-state index is -0.550. The normalized spacial score (nSPS) is 11.2. The van der Waals surface area contributed by atoms with E-state index in [2.05, 4.69) is 10.6 Å². The third-order valence-corrected chi connectivity index (χ3v) is 3.98. The number of carbonyl (C=O) groups is 2. The second-order valence-electron chi connectivity index (χ2n) is 4.86. The molecule has 23 heavy (non-hydrogen) atoms. The van der Waals surface area contributed by atoms with Gasteiger partial charge in [-0.1, -0.05) is 31.5 Å². The van der Waals surface area contributed by atoms with E-state index in [1.807, 2.05) is 18.4 Å². The molecule has 0 radical (unpaired) electrons. The lowest BCUT2D eigenvalue weighted by molar-refractivity contribution is -0.117. The average Bonchev–Trinajstić information content (AvgIpc) is 3.03. The molecule has 1 aromatic heterocycles. The van der Waals surface area contributed by atoms with Crippen molar-refractivity contribution in [3.63, 3.8) is 0 Å². The van der Waals surface area contributed by atoms with Crippen LogP contribution in [0.1, 0.15) is 29.4 Å². The van der Waals surface area contributed by atoms with Gasteiger partial charge in [0.2, 0.25) is 5.91 Å². The fourth-order valence-electron chi connectivity index (χ4n) is 1.96. The SMILES string of the molecule is CCCC(N)C(=O)Nc1ccccc1NC(=O)c1cccs1.Cl. The number of halogens is 1. The van der Waals surface area contributed by atoms with E-state index in [1.54, 1.807) is 30.3 Å². The van der Waals surface area contributed by atoms with Gasteiger partial charge in [0.05, 0.1) is 22.3 Å². The zero-order chi connectivity index (χ0) is 15.9. The van der Waals surface area contributed by atoms with E-state index in [0.717, 1.165) is 6.42 Å². The first-order chi connectivity index (χ1) is 10.6. The van der Waals surface area contributed by atoms with Gasteiger partial charge in [-0.05, 0) is 30.0 Å². The van der Waals surface area contributed by atoms with Crippen LogP contribution in [0.2, 0.25) is 0 Å². The molecule has 0 saturated carbocycles. The number of para-hydroxylation sites is 2. The Morgan fingerprint density at radius 1 is 1.13 bits per heavy atom. The van der Waals surface area contributed by atoms with Crippen LogP contribution in [-0.4, -0.2) is 17.9 Å². The molecule has 2 rings (SSSR count). The maximum absolute atomic E-state index is 12.1. The molecule has 124 valence electrons. The first-order valence-electron chi connectivity index (χ1n) is 7.12. The summed E-state index contributed by atoms with van der Waals surface area (Å²) < 4.78 is 0. The van der Waals surface area contributed by atoms with Crippen molar-refractivity contribution in [2.24, 2.45) is 5.73 Å². The van der Waals surface area contributed by atoms with Crippen molar-refractivity contribution in [3.8, 4) is 0 Å². The van der Waals surface area contributed by atoms with Gasteiger partial charge in [0, 0.05) is 0 Å². The van der Waals surface area contributed by atoms with E-state index < -0.39 is 6.04 Å². The Labute approximate surface area is 145 Å². The summed E-state index contributed by atoms with van der Waals surface area (Å²) in [7, 11) is 0. The van der Waals surface area contributed by atoms with Gasteiger partial charge in [-0.25, -0.2) is 0 Å². The summed E-state index contributed by atoms with van der Waals surface area (Å²) in [5.41, 5.74) is 6.91. The Morgan fingerprint density at radius 2 is 1.78 bits per heavy atom. The number of thiophene rings is 1. The highest BCUT2D eigenvalue weighted by Gasteiger charge is 2.15. The predicted molar refractivity (Wildman–Crippen MR) is 97.5 cm³/mol. The van der Waals surface area contributed by atoms with Gasteiger partial charge >= 0.3 is 0 Å². The third kappa shape index (κ3) is 5.35. The van der Waals surface area contributed by atoms with Gasteiger partial charge in [0.15, 0.2) is 0 Å². The molecule has 5 nitrogen and oxygen atoms in total. The lowest BCUT2D eigenvalue weighted by atomic mass is 10.1. The topological polar surface area (TPSA) is 84.2 Å². The van der Waals surface area contributed by atoms with Crippen LogP contribution in [0.4, 0.5) is 11.4 Å². The molecule has 7 heteroatoms. The van der Waals surface area contributed by atoms with Crippen molar-refractivity contribution in [2.45, 2.75) is 25.8 Å². The fraction of sp³-hybridized carbons (Fsp3) is 0.250. The average molecular weight is 354 g/mol. The third-order valence-electron chi connectivity index (χ3n) is 3.11. The highest BCUT2D eigenvalue weighted by molar-refractivity contribution is 7.12. The van der Waals surface area contributed by atoms with Crippen LogP contribution in [0.15, 0.2) is 41.8 Å². The van der Waals surface area contributed by atoms with E-state index in [-0.39, 0.29) is 24.2 Å². The van der Waals surface area contributed by atoms with Gasteiger partial charge in [0.25, 0.3) is 5.91 Å². The number of hydrogen-bond acceptors (Lipinski definition) is 4. The van der Waals surface area contributed by atoms with E-state index >= 15 is 0 Å².